The summed E-state index contributed by atoms with van der Waals surface area (Å²) >= 11 is 0. The number of carbonyl (C=O) groups is 2. The normalized spacial score (nSPS) is 20.5. The van der Waals surface area contributed by atoms with Crippen LogP contribution in [-0.4, -0.2) is 29.6 Å². The first kappa shape index (κ1) is 18.5. The van der Waals surface area contributed by atoms with E-state index in [1.54, 1.807) is 0 Å². The van der Waals surface area contributed by atoms with Crippen molar-refractivity contribution in [3.63, 3.8) is 0 Å². The van der Waals surface area contributed by atoms with Crippen molar-refractivity contribution in [1.29, 1.82) is 0 Å². The summed E-state index contributed by atoms with van der Waals surface area (Å²) in [6.45, 7) is 4.12. The van der Waals surface area contributed by atoms with Crippen molar-refractivity contribution in [2.75, 3.05) is 11.9 Å². The lowest BCUT2D eigenvalue weighted by molar-refractivity contribution is -0.137. The lowest BCUT2D eigenvalue weighted by Crippen LogP contribution is -2.47. The second-order valence-corrected chi connectivity index (χ2v) is 6.46. The molecule has 0 radical (unpaired) electrons. The molecular weight excluding hydrogens is 304 g/mol. The first-order chi connectivity index (χ1) is 11.6. The number of aliphatic hydroxyl groups is 1. The highest BCUT2D eigenvalue weighted by Gasteiger charge is 2.28. The van der Waals surface area contributed by atoms with Gasteiger partial charge in [-0.1, -0.05) is 38.8 Å². The minimum absolute atomic E-state index is 0.0464. The zero-order valence-electron chi connectivity index (χ0n) is 14.6. The fraction of sp³-hybridized carbons (Fsp3) is 0.579. The van der Waals surface area contributed by atoms with Gasteiger partial charge in [-0.05, 0) is 42.9 Å². The number of hydrogen-bond acceptors (Lipinski definition) is 3. The second-order valence-electron chi connectivity index (χ2n) is 6.46. The van der Waals surface area contributed by atoms with Crippen LogP contribution in [0.5, 0.6) is 0 Å². The van der Waals surface area contributed by atoms with Gasteiger partial charge in [-0.2, -0.15) is 0 Å². The van der Waals surface area contributed by atoms with Gasteiger partial charge >= 0.3 is 11.8 Å². The monoisotopic (exact) mass is 332 g/mol. The minimum atomic E-state index is -0.639. The first-order valence-electron chi connectivity index (χ1n) is 8.93. The molecule has 1 aromatic rings. The molecule has 3 N–H and O–H groups in total. The van der Waals surface area contributed by atoms with Crippen molar-refractivity contribution in [1.82, 2.24) is 5.32 Å². The standard InChI is InChI=1S/C19H28N2O3/c1-3-13-9-10-14(4-2)17(11-13)21-19(24)18(23)20-16-8-6-5-7-15(16)12-22/h9-11,15-16,22H,3-8,12H2,1-2H3,(H,20,23)(H,21,24). The molecule has 2 atom stereocenters. The SMILES string of the molecule is CCc1ccc(CC)c(NC(=O)C(=O)NC2CCCCC2CO)c1. The van der Waals surface area contributed by atoms with Gasteiger partial charge in [0.25, 0.3) is 0 Å². The van der Waals surface area contributed by atoms with Crippen LogP contribution in [0.25, 0.3) is 0 Å². The molecule has 1 saturated carbocycles. The van der Waals surface area contributed by atoms with Crippen molar-refractivity contribution in [2.24, 2.45) is 5.92 Å². The van der Waals surface area contributed by atoms with Gasteiger partial charge in [-0.3, -0.25) is 9.59 Å². The smallest absolute Gasteiger partial charge is 0.313 e. The molecule has 0 aliphatic heterocycles. The van der Waals surface area contributed by atoms with Crippen LogP contribution in [0, 0.1) is 5.92 Å². The zero-order chi connectivity index (χ0) is 17.5. The predicted molar refractivity (Wildman–Crippen MR) is 94.8 cm³/mol. The number of benzene rings is 1. The van der Waals surface area contributed by atoms with Crippen molar-refractivity contribution in [3.8, 4) is 0 Å². The molecule has 0 aromatic heterocycles. The third-order valence-corrected chi connectivity index (χ3v) is 4.88. The highest BCUT2D eigenvalue weighted by Crippen LogP contribution is 2.24. The summed E-state index contributed by atoms with van der Waals surface area (Å²) in [6, 6.07) is 5.86. The number of aliphatic hydroxyl groups excluding tert-OH is 1. The number of hydrogen-bond donors (Lipinski definition) is 3. The van der Waals surface area contributed by atoms with Crippen molar-refractivity contribution < 1.29 is 14.7 Å². The van der Waals surface area contributed by atoms with Crippen molar-refractivity contribution in [2.45, 2.75) is 58.4 Å². The van der Waals surface area contributed by atoms with E-state index in [-0.39, 0.29) is 18.6 Å². The van der Waals surface area contributed by atoms with Crippen LogP contribution >= 0.6 is 0 Å². The van der Waals surface area contributed by atoms with Gasteiger partial charge in [-0.25, -0.2) is 0 Å². The van der Waals surface area contributed by atoms with Crippen LogP contribution in [0.4, 0.5) is 5.69 Å². The molecule has 1 aliphatic rings. The maximum atomic E-state index is 12.3. The average Bonchev–Trinajstić information content (AvgIpc) is 2.61. The van der Waals surface area contributed by atoms with E-state index in [1.807, 2.05) is 25.1 Å². The van der Waals surface area contributed by atoms with Crippen LogP contribution in [0.2, 0.25) is 0 Å². The van der Waals surface area contributed by atoms with E-state index < -0.39 is 11.8 Å². The zero-order valence-corrected chi connectivity index (χ0v) is 14.6. The van der Waals surface area contributed by atoms with Gasteiger partial charge in [0, 0.05) is 24.3 Å². The molecule has 2 amide bonds. The van der Waals surface area contributed by atoms with Crippen LogP contribution in [-0.2, 0) is 22.4 Å². The molecule has 5 nitrogen and oxygen atoms in total. The van der Waals surface area contributed by atoms with Gasteiger partial charge in [0.15, 0.2) is 0 Å². The Morgan fingerprint density at radius 2 is 1.88 bits per heavy atom. The summed E-state index contributed by atoms with van der Waals surface area (Å²) < 4.78 is 0. The number of aryl methyl sites for hydroxylation is 2. The summed E-state index contributed by atoms with van der Waals surface area (Å²) in [6.07, 6.45) is 5.45. The summed E-state index contributed by atoms with van der Waals surface area (Å²) in [5.41, 5.74) is 2.84. The molecule has 1 fully saturated rings. The molecule has 0 saturated heterocycles. The van der Waals surface area contributed by atoms with Crippen LogP contribution in [0.1, 0.15) is 50.7 Å². The van der Waals surface area contributed by atoms with E-state index in [1.165, 1.54) is 0 Å². The molecule has 132 valence electrons. The summed E-state index contributed by atoms with van der Waals surface area (Å²) in [4.78, 5) is 24.5. The molecule has 1 aliphatic carbocycles. The van der Waals surface area contributed by atoms with E-state index in [0.29, 0.717) is 5.69 Å². The van der Waals surface area contributed by atoms with Crippen LogP contribution < -0.4 is 10.6 Å². The molecular formula is C19H28N2O3. The summed E-state index contributed by atoms with van der Waals surface area (Å²) in [7, 11) is 0. The van der Waals surface area contributed by atoms with Crippen molar-refractivity contribution >= 4 is 17.5 Å². The second kappa shape index (κ2) is 8.83. The van der Waals surface area contributed by atoms with Gasteiger partial charge in [0.2, 0.25) is 0 Å². The highest BCUT2D eigenvalue weighted by atomic mass is 16.3. The number of anilines is 1. The van der Waals surface area contributed by atoms with E-state index in [2.05, 4.69) is 17.6 Å². The Labute approximate surface area is 143 Å². The molecule has 2 rings (SSSR count). The van der Waals surface area contributed by atoms with E-state index >= 15 is 0 Å². The van der Waals surface area contributed by atoms with Crippen LogP contribution in [0.15, 0.2) is 18.2 Å². The number of nitrogens with one attached hydrogen (secondary N) is 2. The molecule has 0 bridgehead atoms. The van der Waals surface area contributed by atoms with Gasteiger partial charge < -0.3 is 15.7 Å². The third kappa shape index (κ3) is 4.57. The quantitative estimate of drug-likeness (QED) is 0.725. The van der Waals surface area contributed by atoms with Crippen molar-refractivity contribution in [3.05, 3.63) is 29.3 Å². The topological polar surface area (TPSA) is 78.4 Å². The van der Waals surface area contributed by atoms with E-state index in [4.69, 9.17) is 0 Å². The molecule has 5 heteroatoms. The number of carbonyl (C=O) groups excluding carboxylic acids is 2. The highest BCUT2D eigenvalue weighted by molar-refractivity contribution is 6.39. The first-order valence-corrected chi connectivity index (χ1v) is 8.93. The average molecular weight is 332 g/mol. The lowest BCUT2D eigenvalue weighted by atomic mass is 9.85. The fourth-order valence-electron chi connectivity index (χ4n) is 3.30. The Kier molecular flexibility index (Phi) is 6.79. The largest absolute Gasteiger partial charge is 0.396 e. The van der Waals surface area contributed by atoms with Gasteiger partial charge in [-0.15, -0.1) is 0 Å². The third-order valence-electron chi connectivity index (χ3n) is 4.88. The predicted octanol–water partition coefficient (Wildman–Crippen LogP) is 2.42. The Morgan fingerprint density at radius 1 is 1.12 bits per heavy atom. The molecule has 0 spiro atoms. The molecule has 1 aromatic carbocycles. The Balaban J connectivity index is 2.02. The molecule has 24 heavy (non-hydrogen) atoms. The number of amides is 2. The van der Waals surface area contributed by atoms with E-state index in [9.17, 15) is 14.7 Å². The minimum Gasteiger partial charge on any atom is -0.396 e. The van der Waals surface area contributed by atoms with Crippen LogP contribution in [0.3, 0.4) is 0 Å². The molecule has 2 unspecified atom stereocenters. The van der Waals surface area contributed by atoms with Gasteiger partial charge in [0.1, 0.15) is 0 Å². The fourth-order valence-corrected chi connectivity index (χ4v) is 3.30. The summed E-state index contributed by atoms with van der Waals surface area (Å²) in [5, 5.41) is 15.0. The Morgan fingerprint density at radius 3 is 2.54 bits per heavy atom. The van der Waals surface area contributed by atoms with Gasteiger partial charge in [0.05, 0.1) is 0 Å². The Bertz CT molecular complexity index is 586. The Hall–Kier alpha value is -1.88. The van der Waals surface area contributed by atoms with E-state index in [0.717, 1.165) is 49.7 Å². The lowest BCUT2D eigenvalue weighted by Gasteiger charge is -2.30. The molecule has 0 heterocycles. The summed E-state index contributed by atoms with van der Waals surface area (Å²) in [5.74, 6) is -1.21. The maximum absolute atomic E-state index is 12.3. The number of rotatable bonds is 5. The maximum Gasteiger partial charge on any atom is 0.313 e.